The van der Waals surface area contributed by atoms with Crippen molar-refractivity contribution < 1.29 is 106 Å². The maximum atomic E-state index is 13.0. The first-order valence-corrected chi connectivity index (χ1v) is 14.4. The van der Waals surface area contributed by atoms with Gasteiger partial charge in [0, 0.05) is 0 Å². The summed E-state index contributed by atoms with van der Waals surface area (Å²) in [5, 5.41) is 187. The number of aliphatic hydroxyl groups is 17. The zero-order chi connectivity index (χ0) is 34.7. The first kappa shape index (κ1) is 38.0. The topological polar surface area (TPSA) is 381 Å². The predicted molar refractivity (Wildman–Crippen MR) is 139 cm³/mol. The highest BCUT2D eigenvalue weighted by atomic mass is 16.6. The molecule has 19 atom stereocenters. The van der Waals surface area contributed by atoms with Gasteiger partial charge in [-0.15, -0.1) is 0 Å². The molecule has 21 nitrogen and oxygen atoms in total. The van der Waals surface area contributed by atoms with Gasteiger partial charge in [-0.05, 0) is 0 Å². The Morgan fingerprint density at radius 1 is 0.457 bits per heavy atom. The van der Waals surface area contributed by atoms with E-state index in [1.807, 2.05) is 0 Å². The Labute approximate surface area is 259 Å². The van der Waals surface area contributed by atoms with Crippen molar-refractivity contribution in [3.63, 3.8) is 0 Å². The molecule has 4 heterocycles. The number of rotatable bonds is 8. The summed E-state index contributed by atoms with van der Waals surface area (Å²) in [4.78, 5) is 0. The summed E-state index contributed by atoms with van der Waals surface area (Å²) in [6.07, 6.45) is -40.4. The number of aliphatic hydroxyl groups excluding tert-OH is 14. The Hall–Kier alpha value is -0.840. The molecule has 21 heteroatoms. The van der Waals surface area contributed by atoms with Crippen LogP contribution >= 0.6 is 0 Å². The molecule has 0 aromatic rings. The van der Waals surface area contributed by atoms with Crippen molar-refractivity contribution >= 4 is 0 Å². The second-order valence-electron chi connectivity index (χ2n) is 12.3. The summed E-state index contributed by atoms with van der Waals surface area (Å²) >= 11 is 0. The molecule has 4 aliphatic heterocycles. The fraction of sp³-hybridized carbons (Fsp3) is 1.00. The van der Waals surface area contributed by atoms with Gasteiger partial charge in [0.05, 0.1) is 33.0 Å². The first-order valence-electron chi connectivity index (χ1n) is 14.4. The summed E-state index contributed by atoms with van der Waals surface area (Å²) < 4.78 is 21.4. The van der Waals surface area contributed by atoms with Crippen molar-refractivity contribution in [1.82, 2.24) is 0 Å². The average molecular weight is 681 g/mol. The quantitative estimate of drug-likeness (QED) is 0.113. The molecule has 0 saturated carbocycles. The maximum Gasteiger partial charge on any atom is 0.161 e. The SMILES string of the molecule is OC[C@@H](O)[C@@](O)(C1OC[C@@H](O)[C@H](O)[C@H]1O)[C@](O)(C1OC[C@@H](O)[C@H](O)[C@H]1O)C(O)(C1OC[C@@H](O)[C@H](O)[C@H]1O)C1OC[C@@H](O)[C@H](O)[C@H]1O. The minimum atomic E-state index is -4.20. The molecule has 4 aliphatic rings. The number of ether oxygens (including phenoxy) is 4. The zero-order valence-corrected chi connectivity index (χ0v) is 24.1. The maximum absolute atomic E-state index is 13.0. The molecule has 4 saturated heterocycles. The van der Waals surface area contributed by atoms with E-state index in [0.29, 0.717) is 0 Å². The highest BCUT2D eigenvalue weighted by Gasteiger charge is 2.80. The molecule has 0 amide bonds. The van der Waals surface area contributed by atoms with Crippen molar-refractivity contribution in [2.75, 3.05) is 33.0 Å². The lowest BCUT2D eigenvalue weighted by atomic mass is 9.55. The molecule has 0 aliphatic carbocycles. The van der Waals surface area contributed by atoms with Crippen LogP contribution in [-0.4, -0.2) is 240 Å². The lowest BCUT2D eigenvalue weighted by Crippen LogP contribution is -2.91. The van der Waals surface area contributed by atoms with E-state index in [4.69, 9.17) is 18.9 Å². The van der Waals surface area contributed by atoms with Gasteiger partial charge in [-0.2, -0.15) is 0 Å². The Kier molecular flexibility index (Phi) is 11.4. The van der Waals surface area contributed by atoms with Crippen molar-refractivity contribution in [3.05, 3.63) is 0 Å². The molecule has 4 fully saturated rings. The third-order valence-corrected chi connectivity index (χ3v) is 9.62. The van der Waals surface area contributed by atoms with Crippen LogP contribution in [-0.2, 0) is 18.9 Å². The van der Waals surface area contributed by atoms with Gasteiger partial charge in [0.15, 0.2) is 16.8 Å². The standard InChI is InChI=1S/C25H44O21/c26-1-10(31)23(40,19-15(36)11(32)6(27)2-43-19)25(42,22-18(39)14(35)9(30)5-46-22)24(41,20-16(37)12(33)7(28)3-44-20)21-17(38)13(34)8(29)4-45-21/h6-22,26-42H,1-5H2/t6-,7-,8-,9-,10-,11+,12+,13+,14+,15-,16-,17-,18-,19?,20?,21?,22?,23-,24?,25-/m1/s1. The summed E-state index contributed by atoms with van der Waals surface area (Å²) in [7, 11) is 0. The second-order valence-corrected chi connectivity index (χ2v) is 12.3. The molecule has 4 rings (SSSR count). The van der Waals surface area contributed by atoms with Crippen LogP contribution in [0.2, 0.25) is 0 Å². The van der Waals surface area contributed by atoms with Gasteiger partial charge in [-0.25, -0.2) is 0 Å². The van der Waals surface area contributed by atoms with Crippen LogP contribution in [0.15, 0.2) is 0 Å². The first-order chi connectivity index (χ1) is 21.3. The van der Waals surface area contributed by atoms with Crippen LogP contribution in [0.3, 0.4) is 0 Å². The molecule has 4 unspecified atom stereocenters. The van der Waals surface area contributed by atoms with Crippen molar-refractivity contribution in [2.45, 2.75) is 121 Å². The minimum absolute atomic E-state index is 0.964. The molecule has 0 spiro atoms. The zero-order valence-electron chi connectivity index (χ0n) is 24.1. The molecular weight excluding hydrogens is 636 g/mol. The molecule has 0 bridgehead atoms. The monoisotopic (exact) mass is 680 g/mol. The van der Waals surface area contributed by atoms with E-state index in [2.05, 4.69) is 0 Å². The average Bonchev–Trinajstić information content (AvgIpc) is 3.02. The molecule has 0 aromatic heterocycles. The van der Waals surface area contributed by atoms with E-state index in [0.717, 1.165) is 0 Å². The third kappa shape index (κ3) is 5.59. The summed E-state index contributed by atoms with van der Waals surface area (Å²) in [5.41, 5.74) is -12.1. The summed E-state index contributed by atoms with van der Waals surface area (Å²) in [6.45, 7) is -5.54. The van der Waals surface area contributed by atoms with E-state index in [9.17, 15) is 86.8 Å². The second kappa shape index (κ2) is 13.8. The van der Waals surface area contributed by atoms with Gasteiger partial charge in [0.25, 0.3) is 0 Å². The highest BCUT2D eigenvalue weighted by Crippen LogP contribution is 2.52. The fourth-order valence-corrected chi connectivity index (χ4v) is 6.93. The van der Waals surface area contributed by atoms with Crippen LogP contribution < -0.4 is 0 Å². The Balaban J connectivity index is 2.09. The van der Waals surface area contributed by atoms with Gasteiger partial charge in [-0.1, -0.05) is 0 Å². The van der Waals surface area contributed by atoms with E-state index >= 15 is 0 Å². The van der Waals surface area contributed by atoms with Crippen LogP contribution in [0.5, 0.6) is 0 Å². The summed E-state index contributed by atoms with van der Waals surface area (Å²) in [6, 6.07) is 0. The molecule has 0 aromatic carbocycles. The molecule has 46 heavy (non-hydrogen) atoms. The Morgan fingerprint density at radius 3 is 1.09 bits per heavy atom. The Morgan fingerprint density at radius 2 is 0.739 bits per heavy atom. The molecule has 0 radical (unpaired) electrons. The lowest BCUT2D eigenvalue weighted by molar-refractivity contribution is -0.417. The van der Waals surface area contributed by atoms with Crippen molar-refractivity contribution in [1.29, 1.82) is 0 Å². The van der Waals surface area contributed by atoms with E-state index < -0.39 is 154 Å². The summed E-state index contributed by atoms with van der Waals surface area (Å²) in [5.74, 6) is 0. The normalized spacial score (nSPS) is 50.5. The van der Waals surface area contributed by atoms with E-state index in [-0.39, 0.29) is 0 Å². The van der Waals surface area contributed by atoms with Crippen molar-refractivity contribution in [2.24, 2.45) is 0 Å². The van der Waals surface area contributed by atoms with Gasteiger partial charge >= 0.3 is 0 Å². The third-order valence-electron chi connectivity index (χ3n) is 9.62. The van der Waals surface area contributed by atoms with E-state index in [1.54, 1.807) is 0 Å². The largest absolute Gasteiger partial charge is 0.394 e. The predicted octanol–water partition coefficient (Wildman–Crippen LogP) is -11.5. The van der Waals surface area contributed by atoms with Crippen LogP contribution in [0.25, 0.3) is 0 Å². The fourth-order valence-electron chi connectivity index (χ4n) is 6.93. The molecule has 17 N–H and O–H groups in total. The van der Waals surface area contributed by atoms with E-state index in [1.165, 1.54) is 0 Å². The highest BCUT2D eigenvalue weighted by molar-refractivity contribution is 5.30. The smallest absolute Gasteiger partial charge is 0.161 e. The van der Waals surface area contributed by atoms with Gasteiger partial charge in [0.1, 0.15) is 104 Å². The van der Waals surface area contributed by atoms with Gasteiger partial charge in [0.2, 0.25) is 0 Å². The minimum Gasteiger partial charge on any atom is -0.394 e. The number of hydrogen-bond acceptors (Lipinski definition) is 21. The van der Waals surface area contributed by atoms with Gasteiger partial charge in [-0.3, -0.25) is 0 Å². The molecule has 270 valence electrons. The van der Waals surface area contributed by atoms with Crippen LogP contribution in [0, 0.1) is 0 Å². The van der Waals surface area contributed by atoms with Crippen LogP contribution in [0.4, 0.5) is 0 Å². The van der Waals surface area contributed by atoms with Crippen LogP contribution in [0.1, 0.15) is 0 Å². The lowest BCUT2D eigenvalue weighted by Gasteiger charge is -2.65. The van der Waals surface area contributed by atoms with Gasteiger partial charge < -0.3 is 106 Å². The van der Waals surface area contributed by atoms with Crippen molar-refractivity contribution in [3.8, 4) is 0 Å². The molecular formula is C25H44O21. The number of hydrogen-bond donors (Lipinski definition) is 17. The Bertz CT molecular complexity index is 994.